The van der Waals surface area contributed by atoms with Crippen molar-refractivity contribution in [2.24, 2.45) is 0 Å². The van der Waals surface area contributed by atoms with Crippen LogP contribution in [-0.2, 0) is 71.0 Å². The second kappa shape index (κ2) is 32.3. The second-order valence-corrected chi connectivity index (χ2v) is 19.2. The summed E-state index contributed by atoms with van der Waals surface area (Å²) in [6.07, 6.45) is 9.90. The molecular formula is C67H63N9O9. The normalized spacial score (nSPS) is 10.3. The molecule has 430 valence electrons. The first kappa shape index (κ1) is 61.5. The van der Waals surface area contributed by atoms with E-state index in [0.29, 0.717) is 58.2 Å². The Balaban J connectivity index is 0.000000183. The van der Waals surface area contributed by atoms with Gasteiger partial charge < -0.3 is 42.6 Å². The number of nitrogen functional groups attached to an aromatic ring is 3. The molecule has 0 bridgehead atoms. The van der Waals surface area contributed by atoms with Gasteiger partial charge in [-0.3, -0.25) is 43.7 Å². The van der Waals surface area contributed by atoms with Crippen LogP contribution < -0.4 is 37.9 Å². The van der Waals surface area contributed by atoms with Crippen LogP contribution in [0, 0.1) is 0 Å². The van der Waals surface area contributed by atoms with E-state index in [4.69, 9.17) is 26.7 Å². The molecule has 0 saturated carbocycles. The summed E-state index contributed by atoms with van der Waals surface area (Å²) in [7, 11) is 0. The van der Waals surface area contributed by atoms with E-state index >= 15 is 0 Å². The number of anilines is 3. The van der Waals surface area contributed by atoms with Gasteiger partial charge in [0.25, 0.3) is 11.8 Å². The number of para-hydroxylation sites is 3. The molecule has 0 aliphatic carbocycles. The molecule has 9 N–H and O–H groups in total. The molecule has 0 aliphatic rings. The van der Waals surface area contributed by atoms with E-state index in [-0.39, 0.29) is 68.7 Å². The van der Waals surface area contributed by atoms with E-state index < -0.39 is 17.8 Å². The van der Waals surface area contributed by atoms with Gasteiger partial charge in [0.2, 0.25) is 5.78 Å². The molecule has 0 radical (unpaired) electrons. The molecule has 0 atom stereocenters. The van der Waals surface area contributed by atoms with Crippen LogP contribution in [0.5, 0.6) is 5.75 Å². The van der Waals surface area contributed by atoms with Crippen LogP contribution in [0.1, 0.15) is 75.6 Å². The highest BCUT2D eigenvalue weighted by atomic mass is 16.5. The monoisotopic (exact) mass is 1140 g/mol. The number of Topliss-reactive ketones (excluding diaryl/α,β-unsaturated/α-hetero) is 4. The second-order valence-electron chi connectivity index (χ2n) is 19.2. The lowest BCUT2D eigenvalue weighted by Crippen LogP contribution is -2.31. The lowest BCUT2D eigenvalue weighted by molar-refractivity contribution is -0.137. The molecule has 6 aromatic carbocycles. The minimum atomic E-state index is -0.645. The number of carbonyl (C=O) groups excluding carboxylic acids is 7. The zero-order chi connectivity index (χ0) is 60.2. The first-order valence-corrected chi connectivity index (χ1v) is 26.9. The number of hydrogen-bond acceptors (Lipinski definition) is 15. The number of ketones is 4. The van der Waals surface area contributed by atoms with E-state index in [2.05, 4.69) is 30.9 Å². The van der Waals surface area contributed by atoms with Gasteiger partial charge >= 0.3 is 6.09 Å². The third-order valence-electron chi connectivity index (χ3n) is 12.9. The van der Waals surface area contributed by atoms with Gasteiger partial charge in [-0.1, -0.05) is 140 Å². The number of amides is 3. The third kappa shape index (κ3) is 20.7. The van der Waals surface area contributed by atoms with Crippen molar-refractivity contribution in [3.63, 3.8) is 0 Å². The summed E-state index contributed by atoms with van der Waals surface area (Å²) in [6.45, 7) is 0.954. The van der Waals surface area contributed by atoms with Crippen molar-refractivity contribution in [3.8, 4) is 5.75 Å². The number of nitrogens with two attached hydrogens (primary N) is 3. The van der Waals surface area contributed by atoms with Crippen molar-refractivity contribution < 1.29 is 43.0 Å². The van der Waals surface area contributed by atoms with E-state index in [1.54, 1.807) is 134 Å². The molecule has 0 aliphatic heterocycles. The average molecular weight is 1140 g/mol. The van der Waals surface area contributed by atoms with Gasteiger partial charge in [0, 0.05) is 116 Å². The smallest absolute Gasteiger partial charge is 0.407 e. The Hall–Kier alpha value is -11.1. The Bertz CT molecular complexity index is 3510. The van der Waals surface area contributed by atoms with Crippen LogP contribution in [-0.4, -0.2) is 62.6 Å². The predicted molar refractivity (Wildman–Crippen MR) is 324 cm³/mol. The number of hydrogen-bond donors (Lipinski definition) is 6. The number of benzene rings is 6. The van der Waals surface area contributed by atoms with Crippen molar-refractivity contribution in [1.82, 2.24) is 30.9 Å². The highest BCUT2D eigenvalue weighted by Crippen LogP contribution is 2.18. The summed E-state index contributed by atoms with van der Waals surface area (Å²) in [5.41, 5.74) is 27.8. The lowest BCUT2D eigenvalue weighted by atomic mass is 10.0. The van der Waals surface area contributed by atoms with Gasteiger partial charge in [-0.15, -0.1) is 0 Å². The molecule has 0 fully saturated rings. The van der Waals surface area contributed by atoms with Crippen LogP contribution in [0.4, 0.5) is 21.9 Å². The number of carbonyl (C=O) groups is 7. The molecule has 3 aromatic heterocycles. The maximum atomic E-state index is 12.4. The van der Waals surface area contributed by atoms with Crippen molar-refractivity contribution in [2.75, 3.05) is 23.8 Å². The summed E-state index contributed by atoms with van der Waals surface area (Å²) in [6, 6.07) is 53.7. The topological polar surface area (TPSA) is 291 Å². The zero-order valence-corrected chi connectivity index (χ0v) is 46.4. The number of rotatable bonds is 23. The Labute approximate surface area is 491 Å². The summed E-state index contributed by atoms with van der Waals surface area (Å²) in [5, 5.41) is 8.07. The van der Waals surface area contributed by atoms with Crippen molar-refractivity contribution in [2.45, 2.75) is 51.9 Å². The maximum absolute atomic E-state index is 12.4. The van der Waals surface area contributed by atoms with Crippen molar-refractivity contribution in [3.05, 3.63) is 280 Å². The van der Waals surface area contributed by atoms with Crippen LogP contribution in [0.2, 0.25) is 0 Å². The van der Waals surface area contributed by atoms with Gasteiger partial charge in [0.05, 0.1) is 6.20 Å². The number of aromatic nitrogens is 3. The Morgan fingerprint density at radius 2 is 0.788 bits per heavy atom. The minimum Gasteiger partial charge on any atom is -0.482 e. The fourth-order valence-corrected chi connectivity index (χ4v) is 8.08. The van der Waals surface area contributed by atoms with Crippen LogP contribution >= 0.6 is 0 Å². The standard InChI is InChI=1S/C23H21N3O3.2C22H21N3O3/c24-20-6-2-1-5-19(20)13-21(27)18-9-7-16(8-10-18)15-26-23(29)22(28)12-17-4-3-11-25-14-17;23-20-6-2-1-5-19(20)12-21(26)18-9-7-16(8-10-18)14-25-22(27)28-15-17-4-3-11-24-13-17;23-20-6-2-1-4-18(20)12-21(26)17-9-7-16(8-10-17)13-25-22(27)15-28-19-5-3-11-24-14-19/h1-11,14H,12-13,15,24H2,(H,26,29);1-11,13H,12,14-15,23H2,(H,25,27);1-11,14H,12-13,15,23H2,(H,25,27). The molecule has 85 heavy (non-hydrogen) atoms. The summed E-state index contributed by atoms with van der Waals surface area (Å²) in [5.74, 6) is -0.904. The maximum Gasteiger partial charge on any atom is 0.407 e. The van der Waals surface area contributed by atoms with Gasteiger partial charge in [0.1, 0.15) is 12.4 Å². The van der Waals surface area contributed by atoms with Gasteiger partial charge in [-0.05, 0) is 81.4 Å². The van der Waals surface area contributed by atoms with Gasteiger partial charge in [-0.2, -0.15) is 0 Å². The first-order valence-electron chi connectivity index (χ1n) is 26.9. The Kier molecular flexibility index (Phi) is 23.4. The highest BCUT2D eigenvalue weighted by Gasteiger charge is 2.16. The van der Waals surface area contributed by atoms with Crippen LogP contribution in [0.25, 0.3) is 0 Å². The van der Waals surface area contributed by atoms with E-state index in [1.807, 2.05) is 84.9 Å². The van der Waals surface area contributed by atoms with Crippen LogP contribution in [0.3, 0.4) is 0 Å². The fraction of sp³-hybridized carbons (Fsp3) is 0.134. The first-order chi connectivity index (χ1) is 41.3. The molecular weight excluding hydrogens is 1070 g/mol. The molecule has 3 heterocycles. The largest absolute Gasteiger partial charge is 0.482 e. The lowest BCUT2D eigenvalue weighted by Gasteiger charge is -2.08. The number of pyridine rings is 3. The van der Waals surface area contributed by atoms with E-state index in [0.717, 1.165) is 38.9 Å². The molecule has 9 rings (SSSR count). The molecule has 3 amide bonds. The zero-order valence-electron chi connectivity index (χ0n) is 46.4. The van der Waals surface area contributed by atoms with E-state index in [1.165, 1.54) is 0 Å². The van der Waals surface area contributed by atoms with Gasteiger partial charge in [0.15, 0.2) is 24.0 Å². The number of nitrogens with one attached hydrogen (secondary N) is 3. The quantitative estimate of drug-likeness (QED) is 0.0198. The fourth-order valence-electron chi connectivity index (χ4n) is 8.08. The SMILES string of the molecule is Nc1ccccc1CC(=O)c1ccc(CNC(=O)C(=O)Cc2cccnc2)cc1.Nc1ccccc1CC(=O)c1ccc(CNC(=O)COc2cccnc2)cc1.Nc1ccccc1CC(=O)c1ccc(CNC(=O)OCc2cccnc2)cc1. The minimum absolute atomic E-state index is 0.00152. The Morgan fingerprint density at radius 1 is 0.388 bits per heavy atom. The summed E-state index contributed by atoms with van der Waals surface area (Å²) in [4.78, 5) is 96.7. The van der Waals surface area contributed by atoms with Crippen molar-refractivity contribution >= 4 is 58.1 Å². The molecule has 0 unspecified atom stereocenters. The highest BCUT2D eigenvalue weighted by molar-refractivity contribution is 6.36. The molecule has 0 saturated heterocycles. The van der Waals surface area contributed by atoms with Gasteiger partial charge in [-0.25, -0.2) is 4.79 Å². The predicted octanol–water partition coefficient (Wildman–Crippen LogP) is 8.82. The third-order valence-corrected chi connectivity index (χ3v) is 12.9. The average Bonchev–Trinajstić information content (AvgIpc) is 3.62. The number of nitrogens with zero attached hydrogens (tertiary/aromatic N) is 3. The summed E-state index contributed by atoms with van der Waals surface area (Å²) < 4.78 is 10.5. The number of alkyl carbamates (subject to hydrolysis) is 1. The van der Waals surface area contributed by atoms with Crippen molar-refractivity contribution in [1.29, 1.82) is 0 Å². The molecule has 0 spiro atoms. The van der Waals surface area contributed by atoms with E-state index in [9.17, 15) is 33.6 Å². The number of ether oxygens (including phenoxy) is 2. The molecule has 18 nitrogen and oxygen atoms in total. The molecule has 18 heteroatoms. The Morgan fingerprint density at radius 3 is 1.20 bits per heavy atom. The van der Waals surface area contributed by atoms with Crippen LogP contribution in [0.15, 0.2) is 219 Å². The molecule has 9 aromatic rings. The summed E-state index contributed by atoms with van der Waals surface area (Å²) >= 11 is 0.